The van der Waals surface area contributed by atoms with Gasteiger partial charge in [-0.25, -0.2) is 0 Å². The summed E-state index contributed by atoms with van der Waals surface area (Å²) in [4.78, 5) is 15.1. The quantitative estimate of drug-likeness (QED) is 0.695. The van der Waals surface area contributed by atoms with Crippen LogP contribution in [0.1, 0.15) is 5.89 Å². The lowest BCUT2D eigenvalue weighted by Gasteiger charge is -1.81. The third-order valence-electron chi connectivity index (χ3n) is 1.47. The molecule has 0 aliphatic heterocycles. The van der Waals surface area contributed by atoms with Crippen molar-refractivity contribution in [3.8, 4) is 10.7 Å². The molecule has 0 unspecified atom stereocenters. The fourth-order valence-electron chi connectivity index (χ4n) is 0.915. The van der Waals surface area contributed by atoms with Gasteiger partial charge in [-0.15, -0.1) is 11.3 Å². The molecule has 0 aliphatic carbocycles. The maximum atomic E-state index is 10.1. The largest absolute Gasteiger partial charge is 0.338 e. The standard InChI is InChI=1S/C8H6N2O2S/c11-4-3-7-9-8(10-12-7)6-2-1-5-13-6/h1-2,4-5H,3H2. The van der Waals surface area contributed by atoms with Crippen molar-refractivity contribution in [2.45, 2.75) is 6.42 Å². The second-order valence-electron chi connectivity index (χ2n) is 2.36. The SMILES string of the molecule is O=CCc1nc(-c2cccs2)no1. The Morgan fingerprint density at radius 3 is 3.23 bits per heavy atom. The second kappa shape index (κ2) is 3.49. The number of aromatic nitrogens is 2. The molecule has 0 saturated carbocycles. The predicted molar refractivity (Wildman–Crippen MR) is 47.4 cm³/mol. The van der Waals surface area contributed by atoms with Crippen LogP contribution < -0.4 is 0 Å². The van der Waals surface area contributed by atoms with Crippen LogP contribution in [0.15, 0.2) is 22.0 Å². The van der Waals surface area contributed by atoms with Crippen LogP contribution in [0.5, 0.6) is 0 Å². The van der Waals surface area contributed by atoms with Gasteiger partial charge in [0.05, 0.1) is 11.3 Å². The number of thiophene rings is 1. The molecule has 0 amide bonds. The first-order valence-corrected chi connectivity index (χ1v) is 4.58. The van der Waals surface area contributed by atoms with Gasteiger partial charge in [0.15, 0.2) is 0 Å². The summed E-state index contributed by atoms with van der Waals surface area (Å²) >= 11 is 1.53. The van der Waals surface area contributed by atoms with E-state index in [-0.39, 0.29) is 6.42 Å². The Kier molecular flexibility index (Phi) is 2.18. The summed E-state index contributed by atoms with van der Waals surface area (Å²) in [7, 11) is 0. The molecule has 0 radical (unpaired) electrons. The molecule has 2 rings (SSSR count). The summed E-state index contributed by atoms with van der Waals surface area (Å²) in [6, 6.07) is 3.82. The molecule has 0 aliphatic rings. The highest BCUT2D eigenvalue weighted by Crippen LogP contribution is 2.20. The van der Waals surface area contributed by atoms with Crippen molar-refractivity contribution in [3.63, 3.8) is 0 Å². The molecule has 0 spiro atoms. The van der Waals surface area contributed by atoms with Crippen LogP contribution in [0.25, 0.3) is 10.7 Å². The molecule has 4 nitrogen and oxygen atoms in total. The summed E-state index contributed by atoms with van der Waals surface area (Å²) < 4.78 is 4.84. The topological polar surface area (TPSA) is 56.0 Å². The highest BCUT2D eigenvalue weighted by atomic mass is 32.1. The van der Waals surface area contributed by atoms with Crippen LogP contribution in [0.3, 0.4) is 0 Å². The van der Waals surface area contributed by atoms with Crippen molar-refractivity contribution in [2.24, 2.45) is 0 Å². The number of hydrogen-bond donors (Lipinski definition) is 0. The van der Waals surface area contributed by atoms with Crippen LogP contribution in [-0.4, -0.2) is 16.4 Å². The van der Waals surface area contributed by atoms with Crippen LogP contribution in [-0.2, 0) is 11.2 Å². The molecule has 2 aromatic heterocycles. The Morgan fingerprint density at radius 2 is 2.54 bits per heavy atom. The summed E-state index contributed by atoms with van der Waals surface area (Å²) in [6.07, 6.45) is 0.921. The van der Waals surface area contributed by atoms with Gasteiger partial charge in [0.2, 0.25) is 11.7 Å². The Balaban J connectivity index is 2.28. The van der Waals surface area contributed by atoms with E-state index in [1.165, 1.54) is 11.3 Å². The summed E-state index contributed by atoms with van der Waals surface area (Å²) in [6.45, 7) is 0. The summed E-state index contributed by atoms with van der Waals surface area (Å²) in [5.74, 6) is 0.908. The van der Waals surface area contributed by atoms with Crippen molar-refractivity contribution in [1.29, 1.82) is 0 Å². The molecule has 66 valence electrons. The zero-order valence-electron chi connectivity index (χ0n) is 6.64. The predicted octanol–water partition coefficient (Wildman–Crippen LogP) is 1.54. The number of hydrogen-bond acceptors (Lipinski definition) is 5. The molecule has 0 saturated heterocycles. The van der Waals surface area contributed by atoms with Crippen molar-refractivity contribution < 1.29 is 9.32 Å². The minimum Gasteiger partial charge on any atom is -0.338 e. The van der Waals surface area contributed by atoms with Gasteiger partial charge >= 0.3 is 0 Å². The zero-order chi connectivity index (χ0) is 9.10. The molecule has 2 aromatic rings. The van der Waals surface area contributed by atoms with Gasteiger partial charge in [-0.1, -0.05) is 11.2 Å². The first-order valence-electron chi connectivity index (χ1n) is 3.70. The van der Waals surface area contributed by atoms with E-state index in [1.807, 2.05) is 17.5 Å². The van der Waals surface area contributed by atoms with E-state index in [0.29, 0.717) is 11.7 Å². The number of carbonyl (C=O) groups is 1. The van der Waals surface area contributed by atoms with Gasteiger partial charge in [0.1, 0.15) is 6.29 Å². The van der Waals surface area contributed by atoms with Crippen molar-refractivity contribution in [1.82, 2.24) is 10.1 Å². The lowest BCUT2D eigenvalue weighted by atomic mass is 10.4. The minimum absolute atomic E-state index is 0.179. The average molecular weight is 194 g/mol. The highest BCUT2D eigenvalue weighted by Gasteiger charge is 2.07. The van der Waals surface area contributed by atoms with Gasteiger partial charge in [0.25, 0.3) is 0 Å². The van der Waals surface area contributed by atoms with Crippen LogP contribution in [0.2, 0.25) is 0 Å². The van der Waals surface area contributed by atoms with Gasteiger partial charge in [-0.05, 0) is 11.4 Å². The van der Waals surface area contributed by atoms with Gasteiger partial charge in [-0.2, -0.15) is 4.98 Å². The summed E-state index contributed by atoms with van der Waals surface area (Å²) in [5.41, 5.74) is 0. The normalized spacial score (nSPS) is 10.2. The van der Waals surface area contributed by atoms with Crippen molar-refractivity contribution in [3.05, 3.63) is 23.4 Å². The molecule has 2 heterocycles. The summed E-state index contributed by atoms with van der Waals surface area (Å²) in [5, 5.41) is 5.68. The molecule has 0 fully saturated rings. The van der Waals surface area contributed by atoms with Crippen molar-refractivity contribution >= 4 is 17.6 Å². The highest BCUT2D eigenvalue weighted by molar-refractivity contribution is 7.13. The lowest BCUT2D eigenvalue weighted by molar-refractivity contribution is -0.107. The van der Waals surface area contributed by atoms with E-state index in [9.17, 15) is 4.79 Å². The van der Waals surface area contributed by atoms with Gasteiger partial charge in [0, 0.05) is 0 Å². The fraction of sp³-hybridized carbons (Fsp3) is 0.125. The Morgan fingerprint density at radius 1 is 1.62 bits per heavy atom. The smallest absolute Gasteiger partial charge is 0.234 e. The molecule has 13 heavy (non-hydrogen) atoms. The van der Waals surface area contributed by atoms with E-state index in [4.69, 9.17) is 4.52 Å². The maximum absolute atomic E-state index is 10.1. The average Bonchev–Trinajstić information content (AvgIpc) is 2.70. The molecule has 0 atom stereocenters. The van der Waals surface area contributed by atoms with E-state index in [2.05, 4.69) is 10.1 Å². The lowest BCUT2D eigenvalue weighted by Crippen LogP contribution is -1.84. The van der Waals surface area contributed by atoms with Crippen LogP contribution in [0, 0.1) is 0 Å². The van der Waals surface area contributed by atoms with E-state index < -0.39 is 0 Å². The van der Waals surface area contributed by atoms with E-state index in [1.54, 1.807) is 0 Å². The first kappa shape index (κ1) is 8.12. The zero-order valence-corrected chi connectivity index (χ0v) is 7.45. The molecule has 0 bridgehead atoms. The van der Waals surface area contributed by atoms with Gasteiger partial charge in [-0.3, -0.25) is 0 Å². The number of rotatable bonds is 3. The van der Waals surface area contributed by atoms with E-state index in [0.717, 1.165) is 11.2 Å². The Hall–Kier alpha value is -1.49. The fourth-order valence-corrected chi connectivity index (χ4v) is 1.56. The Bertz CT molecular complexity index is 394. The van der Waals surface area contributed by atoms with E-state index >= 15 is 0 Å². The third kappa shape index (κ3) is 1.65. The molecular formula is C8H6N2O2S. The number of carbonyl (C=O) groups excluding carboxylic acids is 1. The maximum Gasteiger partial charge on any atom is 0.234 e. The number of aldehydes is 1. The van der Waals surface area contributed by atoms with Gasteiger partial charge < -0.3 is 9.32 Å². The monoisotopic (exact) mass is 194 g/mol. The number of nitrogens with zero attached hydrogens (tertiary/aromatic N) is 2. The van der Waals surface area contributed by atoms with Crippen LogP contribution >= 0.6 is 11.3 Å². The molecule has 5 heteroatoms. The Labute approximate surface area is 78.2 Å². The molecule has 0 aromatic carbocycles. The molecular weight excluding hydrogens is 188 g/mol. The third-order valence-corrected chi connectivity index (χ3v) is 2.33. The minimum atomic E-state index is 0.179. The van der Waals surface area contributed by atoms with Crippen molar-refractivity contribution in [2.75, 3.05) is 0 Å². The first-order chi connectivity index (χ1) is 6.40. The molecule has 0 N–H and O–H groups in total. The second-order valence-corrected chi connectivity index (χ2v) is 3.31. The van der Waals surface area contributed by atoms with Crippen LogP contribution in [0.4, 0.5) is 0 Å².